The third-order valence-electron chi connectivity index (χ3n) is 19.3. The fourth-order valence-corrected chi connectivity index (χ4v) is 13.8. The molecular formula is C73H93N9O8. The van der Waals surface area contributed by atoms with E-state index < -0.39 is 54.1 Å². The van der Waals surface area contributed by atoms with Crippen LogP contribution < -0.4 is 37.2 Å². The van der Waals surface area contributed by atoms with Gasteiger partial charge in [-0.15, -0.1) is 0 Å². The van der Waals surface area contributed by atoms with Gasteiger partial charge in [-0.25, -0.2) is 0 Å². The average molecular weight is 1220 g/mol. The van der Waals surface area contributed by atoms with Gasteiger partial charge in [-0.05, 0) is 144 Å². The molecule has 5 aromatic rings. The first kappa shape index (κ1) is 66.4. The number of likely N-dealkylation sites (N-methyl/N-ethyl adjacent to an activating group) is 2. The van der Waals surface area contributed by atoms with Crippen molar-refractivity contribution >= 4 is 47.1 Å². The van der Waals surface area contributed by atoms with Crippen molar-refractivity contribution in [3.63, 3.8) is 0 Å². The molecule has 4 fully saturated rings. The van der Waals surface area contributed by atoms with Crippen LogP contribution in [0.3, 0.4) is 0 Å². The van der Waals surface area contributed by atoms with Gasteiger partial charge < -0.3 is 47.0 Å². The molecule has 2 saturated heterocycles. The molecular weight excluding hydrogens is 1130 g/mol. The van der Waals surface area contributed by atoms with Gasteiger partial charge in [-0.3, -0.25) is 38.4 Å². The van der Waals surface area contributed by atoms with Crippen molar-refractivity contribution in [2.45, 2.75) is 177 Å². The Morgan fingerprint density at radius 2 is 0.867 bits per heavy atom. The Kier molecular flexibility index (Phi) is 24.1. The predicted molar refractivity (Wildman–Crippen MR) is 349 cm³/mol. The number of amides is 7. The summed E-state index contributed by atoms with van der Waals surface area (Å²) in [7, 11) is 3.39. The third kappa shape index (κ3) is 17.7. The second kappa shape index (κ2) is 32.6. The van der Waals surface area contributed by atoms with E-state index in [0.717, 1.165) is 86.5 Å². The van der Waals surface area contributed by atoms with Crippen LogP contribution in [0, 0.1) is 17.8 Å². The smallest absolute Gasteiger partial charge is 0.251 e. The van der Waals surface area contributed by atoms with Crippen LogP contribution in [0.15, 0.2) is 146 Å². The number of hydrogen-bond acceptors (Lipinski definition) is 10. The van der Waals surface area contributed by atoms with Crippen LogP contribution in [0.2, 0.25) is 0 Å². The molecule has 0 spiro atoms. The number of benzene rings is 5. The van der Waals surface area contributed by atoms with E-state index in [4.69, 9.17) is 0 Å². The number of likely N-dealkylation sites (tertiary alicyclic amines) is 2. The van der Waals surface area contributed by atoms with Gasteiger partial charge in [-0.1, -0.05) is 172 Å². The first-order valence-corrected chi connectivity index (χ1v) is 33.0. The molecule has 478 valence electrons. The minimum Gasteiger partial charge on any atom is -0.347 e. The van der Waals surface area contributed by atoms with E-state index in [1.54, 1.807) is 62.0 Å². The number of Topliss-reactive ketones (excluding diaryl/α,β-unsaturated/α-hetero) is 1. The van der Waals surface area contributed by atoms with Gasteiger partial charge in [-0.2, -0.15) is 0 Å². The summed E-state index contributed by atoms with van der Waals surface area (Å²) in [6.07, 6.45) is 11.8. The Hall–Kier alpha value is -8.02. The van der Waals surface area contributed by atoms with Crippen molar-refractivity contribution < 1.29 is 38.4 Å². The van der Waals surface area contributed by atoms with Gasteiger partial charge in [0.15, 0.2) is 5.78 Å². The van der Waals surface area contributed by atoms with E-state index in [1.807, 2.05) is 97.1 Å². The van der Waals surface area contributed by atoms with Crippen molar-refractivity contribution in [1.82, 2.24) is 47.0 Å². The summed E-state index contributed by atoms with van der Waals surface area (Å²) in [5.74, 6) is -3.27. The topological polar surface area (TPSA) is 227 Å². The molecule has 2 saturated carbocycles. The van der Waals surface area contributed by atoms with E-state index in [2.05, 4.69) is 61.5 Å². The quantitative estimate of drug-likeness (QED) is 0.0248. The van der Waals surface area contributed by atoms with E-state index in [0.29, 0.717) is 31.2 Å². The van der Waals surface area contributed by atoms with Gasteiger partial charge in [0, 0.05) is 36.7 Å². The zero-order chi connectivity index (χ0) is 63.5. The molecule has 7 N–H and O–H groups in total. The van der Waals surface area contributed by atoms with Crippen molar-refractivity contribution in [2.75, 3.05) is 27.2 Å². The zero-order valence-corrected chi connectivity index (χ0v) is 52.9. The average Bonchev–Trinajstić information content (AvgIpc) is 3.16. The van der Waals surface area contributed by atoms with Gasteiger partial charge in [0.25, 0.3) is 5.91 Å². The summed E-state index contributed by atoms with van der Waals surface area (Å²) in [6, 6.07) is 40.0. The summed E-state index contributed by atoms with van der Waals surface area (Å²) >= 11 is 0. The first-order valence-electron chi connectivity index (χ1n) is 33.0. The van der Waals surface area contributed by atoms with Gasteiger partial charge in [0.05, 0.1) is 24.2 Å². The summed E-state index contributed by atoms with van der Waals surface area (Å²) < 4.78 is 0. The Labute approximate surface area is 531 Å². The highest BCUT2D eigenvalue weighted by atomic mass is 16.2. The van der Waals surface area contributed by atoms with Crippen molar-refractivity contribution in [3.8, 4) is 0 Å². The lowest BCUT2D eigenvalue weighted by Gasteiger charge is -2.35. The number of rotatable bonds is 27. The molecule has 90 heavy (non-hydrogen) atoms. The predicted octanol–water partition coefficient (Wildman–Crippen LogP) is 8.50. The van der Waals surface area contributed by atoms with E-state index >= 15 is 9.59 Å². The fraction of sp³-hybridized carbons (Fsp3) is 0.479. The molecule has 7 amide bonds. The summed E-state index contributed by atoms with van der Waals surface area (Å²) in [6.45, 7) is 3.65. The normalized spacial score (nSPS) is 20.8. The maximum atomic E-state index is 15.2. The number of hydrogen-bond donors (Lipinski definition) is 7. The van der Waals surface area contributed by atoms with Crippen LogP contribution in [-0.2, 0) is 41.6 Å². The molecule has 0 aromatic heterocycles. The van der Waals surface area contributed by atoms with Crippen LogP contribution in [0.4, 0.5) is 0 Å². The van der Waals surface area contributed by atoms with Crippen LogP contribution in [-0.4, -0.2) is 126 Å². The molecule has 10 atom stereocenters. The number of ketones is 1. The van der Waals surface area contributed by atoms with Crippen molar-refractivity contribution in [2.24, 2.45) is 17.8 Å². The Morgan fingerprint density at radius 3 is 1.30 bits per heavy atom. The SMILES string of the molecule is CN[C@@H](C)C(=O)N[C@H](C(=O)N1C[C@@H](CC(=O)c2ccc(C(=O)N[C@H]3C[C@@H](C(=O)N[C@H](CCc4ccccc4)c4ccccc4)N(C(=O)[C@@H](NC(=O)[C@H](C)NC)C4CCCCC4)C3)cc2)C[C@H]1C(=O)N[C@H](CCc1ccccc1)c1ccccc1)C1CCCCC1. The minimum absolute atomic E-state index is 0.0232. The molecule has 0 bridgehead atoms. The van der Waals surface area contributed by atoms with Gasteiger partial charge in [0.2, 0.25) is 35.4 Å². The maximum absolute atomic E-state index is 15.2. The lowest BCUT2D eigenvalue weighted by molar-refractivity contribution is -0.143. The molecule has 0 unspecified atom stereocenters. The van der Waals surface area contributed by atoms with E-state index in [9.17, 15) is 28.8 Å². The molecule has 2 aliphatic carbocycles. The van der Waals surface area contributed by atoms with Crippen LogP contribution in [0.25, 0.3) is 0 Å². The number of nitrogens with one attached hydrogen (secondary N) is 7. The molecule has 0 radical (unpaired) electrons. The lowest BCUT2D eigenvalue weighted by Crippen LogP contribution is -2.58. The number of carbonyl (C=O) groups excluding carboxylic acids is 8. The number of nitrogens with zero attached hydrogens (tertiary/aromatic N) is 2. The second-order valence-electron chi connectivity index (χ2n) is 25.5. The van der Waals surface area contributed by atoms with Crippen molar-refractivity contribution in [1.29, 1.82) is 0 Å². The summed E-state index contributed by atoms with van der Waals surface area (Å²) in [5, 5.41) is 21.9. The highest BCUT2D eigenvalue weighted by molar-refractivity contribution is 6.00. The second-order valence-corrected chi connectivity index (χ2v) is 25.5. The molecule has 17 heteroatoms. The largest absolute Gasteiger partial charge is 0.347 e. The zero-order valence-electron chi connectivity index (χ0n) is 52.9. The van der Waals surface area contributed by atoms with Gasteiger partial charge in [0.1, 0.15) is 24.2 Å². The minimum atomic E-state index is -0.966. The Balaban J connectivity index is 0.919. The number of aryl methyl sites for hydroxylation is 2. The summed E-state index contributed by atoms with van der Waals surface area (Å²) in [4.78, 5) is 119. The van der Waals surface area contributed by atoms with Gasteiger partial charge >= 0.3 is 0 Å². The highest BCUT2D eigenvalue weighted by Gasteiger charge is 2.47. The highest BCUT2D eigenvalue weighted by Crippen LogP contribution is 2.35. The van der Waals surface area contributed by atoms with E-state index in [1.165, 1.54) is 0 Å². The molecule has 17 nitrogen and oxygen atoms in total. The number of carbonyl (C=O) groups is 8. The van der Waals surface area contributed by atoms with Crippen LogP contribution in [0.1, 0.15) is 165 Å². The summed E-state index contributed by atoms with van der Waals surface area (Å²) in [5.41, 5.74) is 4.75. The molecule has 5 aromatic carbocycles. The van der Waals surface area contributed by atoms with Crippen LogP contribution in [0.5, 0.6) is 0 Å². The molecule has 2 heterocycles. The fourth-order valence-electron chi connectivity index (χ4n) is 13.8. The Bertz CT molecular complexity index is 2970. The monoisotopic (exact) mass is 1220 g/mol. The van der Waals surface area contributed by atoms with Crippen molar-refractivity contribution in [3.05, 3.63) is 179 Å². The lowest BCUT2D eigenvalue weighted by atomic mass is 9.83. The molecule has 2 aliphatic heterocycles. The Morgan fingerprint density at radius 1 is 0.467 bits per heavy atom. The third-order valence-corrected chi connectivity index (χ3v) is 19.3. The van der Waals surface area contributed by atoms with Crippen LogP contribution >= 0.6 is 0 Å². The standard InChI is InChI=1S/C73H93N9O8/c1-48(74-3)67(84)79-65(56-31-19-9-20-32-56)72(89)81-46-52(43-62(81)70(87)77-60(53-27-15-7-16-28-53)41-35-50-23-11-5-12-24-50)44-64(83)55-37-39-58(40-38-55)69(86)76-59-45-63(71(88)78-61(54-29-17-8-18-30-54)42-36-51-25-13-6-14-26-51)82(47-59)73(90)66(57-33-21-10-22-34-57)80-68(85)49(2)75-4/h5-8,11-18,23-30,37-40,48-49,52,56-57,59-63,65-66,74-75H,9-10,19-22,31-36,41-47H2,1-4H3,(H,76,86)(H,77,87)(H,78,88)(H,79,84)(H,80,85)/t48-,49-,52+,59-,60+,61+,62-,63-,65-,66-/m0/s1. The van der Waals surface area contributed by atoms with E-state index in [-0.39, 0.29) is 103 Å². The maximum Gasteiger partial charge on any atom is 0.251 e. The molecule has 9 rings (SSSR count). The molecule has 4 aliphatic rings. The first-order chi connectivity index (χ1) is 43.7.